The number of hydrogen-bond donors (Lipinski definition) is 0. The summed E-state index contributed by atoms with van der Waals surface area (Å²) in [5.74, 6) is 0.153. The van der Waals surface area contributed by atoms with Gasteiger partial charge in [-0.3, -0.25) is 9.69 Å². The molecule has 2 nitrogen and oxygen atoms in total. The Bertz CT molecular complexity index is 474. The minimum absolute atomic E-state index is 0.153. The predicted octanol–water partition coefficient (Wildman–Crippen LogP) is 4.42. The van der Waals surface area contributed by atoms with Crippen LogP contribution in [0.15, 0.2) is 24.3 Å². The number of hydrogen-bond acceptors (Lipinski definition) is 2. The van der Waals surface area contributed by atoms with Crippen LogP contribution in [0, 0.1) is 5.41 Å². The van der Waals surface area contributed by atoms with Crippen LogP contribution in [0.1, 0.15) is 49.9 Å². The lowest BCUT2D eigenvalue weighted by atomic mass is 9.75. The first-order valence-electron chi connectivity index (χ1n) is 7.36. The Morgan fingerprint density at radius 2 is 2.00 bits per heavy atom. The molecule has 1 aliphatic rings. The van der Waals surface area contributed by atoms with Gasteiger partial charge in [-0.25, -0.2) is 0 Å². The maximum absolute atomic E-state index is 12.3. The van der Waals surface area contributed by atoms with Crippen LogP contribution in [0.25, 0.3) is 0 Å². The summed E-state index contributed by atoms with van der Waals surface area (Å²) in [5, 5.41) is 0.623. The van der Waals surface area contributed by atoms with Gasteiger partial charge in [-0.05, 0) is 50.3 Å². The fourth-order valence-corrected chi connectivity index (χ4v) is 3.12. The van der Waals surface area contributed by atoms with Crippen LogP contribution in [0.2, 0.25) is 5.02 Å². The van der Waals surface area contributed by atoms with E-state index in [1.165, 1.54) is 25.7 Å². The SMILES string of the molecule is CN(CC(=O)c1cccc(Cl)c1)C1CCC(C)(C)CC1. The second-order valence-corrected chi connectivity index (χ2v) is 7.18. The molecule has 0 heterocycles. The first-order valence-corrected chi connectivity index (χ1v) is 7.74. The van der Waals surface area contributed by atoms with Crippen molar-refractivity contribution < 1.29 is 4.79 Å². The minimum atomic E-state index is 0.153. The molecule has 0 saturated heterocycles. The van der Waals surface area contributed by atoms with E-state index in [0.717, 1.165) is 0 Å². The average Bonchev–Trinajstić information content (AvgIpc) is 2.38. The van der Waals surface area contributed by atoms with E-state index >= 15 is 0 Å². The fourth-order valence-electron chi connectivity index (χ4n) is 2.93. The molecule has 0 N–H and O–H groups in total. The van der Waals surface area contributed by atoms with Crippen molar-refractivity contribution in [2.75, 3.05) is 13.6 Å². The van der Waals surface area contributed by atoms with Gasteiger partial charge in [-0.2, -0.15) is 0 Å². The highest BCUT2D eigenvalue weighted by molar-refractivity contribution is 6.31. The van der Waals surface area contributed by atoms with Gasteiger partial charge in [0.05, 0.1) is 6.54 Å². The zero-order chi connectivity index (χ0) is 14.8. The van der Waals surface area contributed by atoms with E-state index in [0.29, 0.717) is 28.6 Å². The largest absolute Gasteiger partial charge is 0.296 e. The Labute approximate surface area is 127 Å². The van der Waals surface area contributed by atoms with Gasteiger partial charge in [0.15, 0.2) is 5.78 Å². The molecule has 2 rings (SSSR count). The second-order valence-electron chi connectivity index (χ2n) is 6.74. The van der Waals surface area contributed by atoms with Crippen LogP contribution < -0.4 is 0 Å². The molecule has 1 aromatic rings. The van der Waals surface area contributed by atoms with E-state index in [4.69, 9.17) is 11.6 Å². The monoisotopic (exact) mass is 293 g/mol. The molecule has 0 atom stereocenters. The van der Waals surface area contributed by atoms with E-state index in [2.05, 4.69) is 25.8 Å². The molecular formula is C17H24ClNO. The van der Waals surface area contributed by atoms with Crippen LogP contribution in [0.3, 0.4) is 0 Å². The second kappa shape index (κ2) is 6.28. The van der Waals surface area contributed by atoms with Gasteiger partial charge in [-0.1, -0.05) is 37.6 Å². The van der Waals surface area contributed by atoms with E-state index in [-0.39, 0.29) is 5.78 Å². The van der Waals surface area contributed by atoms with Crippen molar-refractivity contribution in [1.29, 1.82) is 0 Å². The minimum Gasteiger partial charge on any atom is -0.296 e. The number of benzene rings is 1. The number of carbonyl (C=O) groups is 1. The fraction of sp³-hybridized carbons (Fsp3) is 0.588. The first kappa shape index (κ1) is 15.5. The summed E-state index contributed by atoms with van der Waals surface area (Å²) < 4.78 is 0. The van der Waals surface area contributed by atoms with Crippen molar-refractivity contribution in [1.82, 2.24) is 4.90 Å². The van der Waals surface area contributed by atoms with E-state index in [1.54, 1.807) is 12.1 Å². The molecule has 3 heteroatoms. The average molecular weight is 294 g/mol. The van der Waals surface area contributed by atoms with Gasteiger partial charge in [0, 0.05) is 16.6 Å². The van der Waals surface area contributed by atoms with Crippen LogP contribution in [-0.4, -0.2) is 30.3 Å². The first-order chi connectivity index (χ1) is 9.37. The lowest BCUT2D eigenvalue weighted by Crippen LogP contribution is -2.39. The molecule has 1 aromatic carbocycles. The topological polar surface area (TPSA) is 20.3 Å². The Hall–Kier alpha value is -0.860. The zero-order valence-electron chi connectivity index (χ0n) is 12.7. The summed E-state index contributed by atoms with van der Waals surface area (Å²) >= 11 is 5.94. The van der Waals surface area contributed by atoms with Gasteiger partial charge in [-0.15, -0.1) is 0 Å². The Morgan fingerprint density at radius 3 is 2.60 bits per heavy atom. The maximum Gasteiger partial charge on any atom is 0.176 e. The molecule has 0 spiro atoms. The molecule has 0 aliphatic heterocycles. The molecular weight excluding hydrogens is 270 g/mol. The Kier molecular flexibility index (Phi) is 4.87. The highest BCUT2D eigenvalue weighted by Crippen LogP contribution is 2.36. The van der Waals surface area contributed by atoms with Crippen molar-refractivity contribution in [3.8, 4) is 0 Å². The Balaban J connectivity index is 1.91. The van der Waals surface area contributed by atoms with Crippen LogP contribution >= 0.6 is 11.6 Å². The molecule has 20 heavy (non-hydrogen) atoms. The molecule has 0 radical (unpaired) electrons. The summed E-state index contributed by atoms with van der Waals surface area (Å²) in [5.41, 5.74) is 1.18. The number of likely N-dealkylation sites (N-methyl/N-ethyl adjacent to an activating group) is 1. The molecule has 110 valence electrons. The maximum atomic E-state index is 12.3. The van der Waals surface area contributed by atoms with Crippen molar-refractivity contribution in [2.45, 2.75) is 45.6 Å². The van der Waals surface area contributed by atoms with E-state index < -0.39 is 0 Å². The van der Waals surface area contributed by atoms with Crippen LogP contribution in [0.4, 0.5) is 0 Å². The number of carbonyl (C=O) groups excluding carboxylic acids is 1. The molecule has 0 bridgehead atoms. The van der Waals surface area contributed by atoms with Crippen molar-refractivity contribution in [3.63, 3.8) is 0 Å². The molecule has 1 aliphatic carbocycles. The summed E-state index contributed by atoms with van der Waals surface area (Å²) in [4.78, 5) is 14.5. The number of ketones is 1. The number of nitrogens with zero attached hydrogens (tertiary/aromatic N) is 1. The summed E-state index contributed by atoms with van der Waals surface area (Å²) in [6.07, 6.45) is 4.86. The van der Waals surface area contributed by atoms with Gasteiger partial charge in [0.25, 0.3) is 0 Å². The van der Waals surface area contributed by atoms with Gasteiger partial charge < -0.3 is 0 Å². The quantitative estimate of drug-likeness (QED) is 0.766. The normalized spacial score (nSPS) is 19.2. The van der Waals surface area contributed by atoms with E-state index in [9.17, 15) is 4.79 Å². The van der Waals surface area contributed by atoms with Crippen molar-refractivity contribution >= 4 is 17.4 Å². The third kappa shape index (κ3) is 4.07. The molecule has 0 amide bonds. The summed E-state index contributed by atoms with van der Waals surface area (Å²) in [6.45, 7) is 5.14. The van der Waals surface area contributed by atoms with Gasteiger partial charge in [0.1, 0.15) is 0 Å². The van der Waals surface area contributed by atoms with Crippen molar-refractivity contribution in [2.24, 2.45) is 5.41 Å². The lowest BCUT2D eigenvalue weighted by Gasteiger charge is -2.38. The van der Waals surface area contributed by atoms with Gasteiger partial charge >= 0.3 is 0 Å². The predicted molar refractivity (Wildman–Crippen MR) is 84.4 cm³/mol. The van der Waals surface area contributed by atoms with Gasteiger partial charge in [0.2, 0.25) is 0 Å². The highest BCUT2D eigenvalue weighted by atomic mass is 35.5. The van der Waals surface area contributed by atoms with Crippen LogP contribution in [-0.2, 0) is 0 Å². The number of halogens is 1. The van der Waals surface area contributed by atoms with Crippen molar-refractivity contribution in [3.05, 3.63) is 34.9 Å². The van der Waals surface area contributed by atoms with E-state index in [1.807, 2.05) is 12.1 Å². The number of Topliss-reactive ketones (excluding diaryl/α,β-unsaturated/α-hetero) is 1. The molecule has 1 fully saturated rings. The third-order valence-electron chi connectivity index (χ3n) is 4.47. The van der Waals surface area contributed by atoms with Crippen LogP contribution in [0.5, 0.6) is 0 Å². The lowest BCUT2D eigenvalue weighted by molar-refractivity contribution is 0.0851. The highest BCUT2D eigenvalue weighted by Gasteiger charge is 2.29. The smallest absolute Gasteiger partial charge is 0.176 e. The molecule has 0 unspecified atom stereocenters. The summed E-state index contributed by atoms with van der Waals surface area (Å²) in [6, 6.07) is 7.75. The molecule has 1 saturated carbocycles. The zero-order valence-corrected chi connectivity index (χ0v) is 13.4. The summed E-state index contributed by atoms with van der Waals surface area (Å²) in [7, 11) is 2.06. The standard InChI is InChI=1S/C17H24ClNO/c1-17(2)9-7-15(8-10-17)19(3)12-16(20)13-5-4-6-14(18)11-13/h4-6,11,15H,7-10,12H2,1-3H3. The number of rotatable bonds is 4. The third-order valence-corrected chi connectivity index (χ3v) is 4.71. The Morgan fingerprint density at radius 1 is 1.35 bits per heavy atom. The molecule has 0 aromatic heterocycles.